The van der Waals surface area contributed by atoms with Gasteiger partial charge in [0.2, 0.25) is 5.71 Å². The van der Waals surface area contributed by atoms with Crippen LogP contribution >= 0.6 is 0 Å². The first-order valence-electron chi connectivity index (χ1n) is 6.78. The van der Waals surface area contributed by atoms with Crippen molar-refractivity contribution in [1.82, 2.24) is 15.4 Å². The quantitative estimate of drug-likeness (QED) is 0.554. The van der Waals surface area contributed by atoms with E-state index in [2.05, 4.69) is 9.97 Å². The van der Waals surface area contributed by atoms with Crippen LogP contribution in [0.1, 0.15) is 21.5 Å². The number of benzene rings is 1. The monoisotopic (exact) mass is 296 g/mol. The predicted molar refractivity (Wildman–Crippen MR) is 77.4 cm³/mol. The molecule has 0 saturated heterocycles. The average Bonchev–Trinajstić information content (AvgIpc) is 3.16. The summed E-state index contributed by atoms with van der Waals surface area (Å²) in [6.07, 6.45) is 1.65. The molecule has 110 valence electrons. The van der Waals surface area contributed by atoms with Crippen LogP contribution in [0.4, 0.5) is 6.01 Å². The molecule has 1 aliphatic heterocycles. The Bertz CT molecular complexity index is 841. The summed E-state index contributed by atoms with van der Waals surface area (Å²) in [5.41, 5.74) is 5.20. The molecular weight excluding hydrogens is 284 g/mol. The van der Waals surface area contributed by atoms with Gasteiger partial charge < -0.3 is 9.32 Å². The number of fused-ring (bicyclic) bond motifs is 2. The number of nitrogens with zero attached hydrogens (tertiary/aromatic N) is 3. The summed E-state index contributed by atoms with van der Waals surface area (Å²) in [7, 11) is 0. The number of aromatic nitrogens is 2. The van der Waals surface area contributed by atoms with Gasteiger partial charge in [0.1, 0.15) is 5.52 Å². The molecule has 2 N–H and O–H groups in total. The minimum absolute atomic E-state index is 0.455. The molecule has 0 bridgehead atoms. The van der Waals surface area contributed by atoms with Gasteiger partial charge in [-0.3, -0.25) is 10.0 Å². The minimum atomic E-state index is -0.516. The molecule has 1 aromatic carbocycles. The SMILES string of the molecule is O=C(NO)c1cccc2c1CN(c1nc3cccnc3o1)C2. The van der Waals surface area contributed by atoms with E-state index in [-0.39, 0.29) is 0 Å². The highest BCUT2D eigenvalue weighted by Crippen LogP contribution is 2.31. The van der Waals surface area contributed by atoms with Crippen molar-refractivity contribution >= 4 is 23.2 Å². The van der Waals surface area contributed by atoms with Crippen LogP contribution in [0.15, 0.2) is 40.9 Å². The first-order chi connectivity index (χ1) is 10.8. The van der Waals surface area contributed by atoms with Crippen LogP contribution in [-0.4, -0.2) is 21.1 Å². The molecule has 22 heavy (non-hydrogen) atoms. The third-order valence-electron chi connectivity index (χ3n) is 3.76. The third-order valence-corrected chi connectivity index (χ3v) is 3.76. The van der Waals surface area contributed by atoms with Gasteiger partial charge in [0, 0.05) is 24.8 Å². The van der Waals surface area contributed by atoms with Crippen molar-refractivity contribution in [2.75, 3.05) is 4.90 Å². The Kier molecular flexibility index (Phi) is 2.80. The van der Waals surface area contributed by atoms with Gasteiger partial charge in [0.15, 0.2) is 0 Å². The van der Waals surface area contributed by atoms with Gasteiger partial charge in [-0.1, -0.05) is 12.1 Å². The second-order valence-electron chi connectivity index (χ2n) is 5.06. The van der Waals surface area contributed by atoms with Crippen molar-refractivity contribution in [3.63, 3.8) is 0 Å². The molecule has 0 atom stereocenters. The van der Waals surface area contributed by atoms with Crippen LogP contribution in [-0.2, 0) is 13.1 Å². The average molecular weight is 296 g/mol. The van der Waals surface area contributed by atoms with Gasteiger partial charge in [0.25, 0.3) is 11.9 Å². The van der Waals surface area contributed by atoms with Crippen molar-refractivity contribution in [3.8, 4) is 0 Å². The lowest BCUT2D eigenvalue weighted by molar-refractivity contribution is 0.0705. The molecule has 0 spiro atoms. The number of pyridine rings is 1. The zero-order chi connectivity index (χ0) is 15.1. The molecule has 3 heterocycles. The maximum Gasteiger partial charge on any atom is 0.300 e. The number of amides is 1. The van der Waals surface area contributed by atoms with Crippen molar-refractivity contribution in [2.24, 2.45) is 0 Å². The largest absolute Gasteiger partial charge is 0.404 e. The molecule has 0 aliphatic carbocycles. The molecule has 1 amide bonds. The van der Waals surface area contributed by atoms with Gasteiger partial charge in [-0.05, 0) is 29.3 Å². The van der Waals surface area contributed by atoms with E-state index in [0.717, 1.165) is 11.1 Å². The number of nitrogens with one attached hydrogen (secondary N) is 1. The summed E-state index contributed by atoms with van der Waals surface area (Å²) in [6, 6.07) is 9.53. The summed E-state index contributed by atoms with van der Waals surface area (Å²) in [5.74, 6) is -0.516. The zero-order valence-electron chi connectivity index (χ0n) is 11.5. The Morgan fingerprint density at radius 3 is 3.00 bits per heavy atom. The van der Waals surface area contributed by atoms with Crippen molar-refractivity contribution in [1.29, 1.82) is 0 Å². The summed E-state index contributed by atoms with van der Waals surface area (Å²) in [4.78, 5) is 22.2. The molecule has 0 saturated carbocycles. The lowest BCUT2D eigenvalue weighted by Crippen LogP contribution is -2.21. The Balaban J connectivity index is 1.71. The van der Waals surface area contributed by atoms with Crippen LogP contribution in [0, 0.1) is 0 Å². The summed E-state index contributed by atoms with van der Waals surface area (Å²) in [5, 5.41) is 8.85. The highest BCUT2D eigenvalue weighted by Gasteiger charge is 2.27. The molecule has 7 nitrogen and oxygen atoms in total. The predicted octanol–water partition coefficient (Wildman–Crippen LogP) is 1.86. The molecule has 1 aliphatic rings. The summed E-state index contributed by atoms with van der Waals surface area (Å²) < 4.78 is 5.66. The number of rotatable bonds is 2. The Labute approximate surface area is 125 Å². The van der Waals surface area contributed by atoms with E-state index in [1.165, 1.54) is 0 Å². The van der Waals surface area contributed by atoms with Crippen LogP contribution in [0.25, 0.3) is 11.2 Å². The zero-order valence-corrected chi connectivity index (χ0v) is 11.5. The topological polar surface area (TPSA) is 91.5 Å². The van der Waals surface area contributed by atoms with Crippen molar-refractivity contribution in [2.45, 2.75) is 13.1 Å². The second kappa shape index (κ2) is 4.81. The maximum atomic E-state index is 11.7. The number of carbonyl (C=O) groups is 1. The Hall–Kier alpha value is -2.93. The molecule has 3 aromatic rings. The van der Waals surface area contributed by atoms with E-state index in [1.54, 1.807) is 29.9 Å². The van der Waals surface area contributed by atoms with E-state index in [1.807, 2.05) is 17.0 Å². The fraction of sp³-hybridized carbons (Fsp3) is 0.133. The van der Waals surface area contributed by atoms with Gasteiger partial charge >= 0.3 is 0 Å². The van der Waals surface area contributed by atoms with E-state index < -0.39 is 5.91 Å². The summed E-state index contributed by atoms with van der Waals surface area (Å²) in [6.45, 7) is 1.08. The molecule has 2 aromatic heterocycles. The van der Waals surface area contributed by atoms with Crippen molar-refractivity contribution < 1.29 is 14.4 Å². The van der Waals surface area contributed by atoms with Crippen molar-refractivity contribution in [3.05, 3.63) is 53.2 Å². The van der Waals surface area contributed by atoms with E-state index in [0.29, 0.717) is 35.9 Å². The minimum Gasteiger partial charge on any atom is -0.404 e. The Morgan fingerprint density at radius 2 is 2.18 bits per heavy atom. The van der Waals surface area contributed by atoms with Gasteiger partial charge in [-0.15, -0.1) is 0 Å². The number of hydroxylamine groups is 1. The van der Waals surface area contributed by atoms with Crippen LogP contribution < -0.4 is 10.4 Å². The van der Waals surface area contributed by atoms with Gasteiger partial charge in [-0.2, -0.15) is 4.98 Å². The molecule has 0 unspecified atom stereocenters. The lowest BCUT2D eigenvalue weighted by atomic mass is 10.0. The fourth-order valence-electron chi connectivity index (χ4n) is 2.72. The van der Waals surface area contributed by atoms with E-state index in [4.69, 9.17) is 9.62 Å². The third kappa shape index (κ3) is 1.91. The van der Waals surface area contributed by atoms with Crippen LogP contribution in [0.5, 0.6) is 0 Å². The maximum absolute atomic E-state index is 11.7. The van der Waals surface area contributed by atoms with E-state index >= 15 is 0 Å². The molecule has 4 rings (SSSR count). The highest BCUT2D eigenvalue weighted by atomic mass is 16.5. The number of carbonyl (C=O) groups excluding carboxylic acids is 1. The highest BCUT2D eigenvalue weighted by molar-refractivity contribution is 5.95. The van der Waals surface area contributed by atoms with Crippen LogP contribution in [0.2, 0.25) is 0 Å². The summed E-state index contributed by atoms with van der Waals surface area (Å²) >= 11 is 0. The van der Waals surface area contributed by atoms with Crippen LogP contribution in [0.3, 0.4) is 0 Å². The Morgan fingerprint density at radius 1 is 1.27 bits per heavy atom. The molecular formula is C15H12N4O3. The number of hydrogen-bond donors (Lipinski definition) is 2. The smallest absolute Gasteiger partial charge is 0.300 e. The fourth-order valence-corrected chi connectivity index (χ4v) is 2.72. The second-order valence-corrected chi connectivity index (χ2v) is 5.06. The number of anilines is 1. The first kappa shape index (κ1) is 12.8. The molecule has 0 radical (unpaired) electrons. The van der Waals surface area contributed by atoms with Gasteiger partial charge in [-0.25, -0.2) is 10.5 Å². The first-order valence-corrected chi connectivity index (χ1v) is 6.78. The standard InChI is InChI=1S/C15H12N4O3/c20-13(18-21)10-4-1-3-9-7-19(8-11(9)10)15-17-12-5-2-6-16-14(12)22-15/h1-6,21H,7-8H2,(H,18,20). The number of hydrogen-bond acceptors (Lipinski definition) is 6. The lowest BCUT2D eigenvalue weighted by Gasteiger charge is -2.11. The molecule has 7 heteroatoms. The normalized spacial score (nSPS) is 13.4. The van der Waals surface area contributed by atoms with E-state index in [9.17, 15) is 4.79 Å². The van der Waals surface area contributed by atoms with Gasteiger partial charge in [0.05, 0.1) is 0 Å². The number of oxazole rings is 1. The molecule has 0 fully saturated rings.